The predicted octanol–water partition coefficient (Wildman–Crippen LogP) is 8.17. The van der Waals surface area contributed by atoms with Gasteiger partial charge in [0.25, 0.3) is 0 Å². The summed E-state index contributed by atoms with van der Waals surface area (Å²) < 4.78 is 0. The smallest absolute Gasteiger partial charge is 0.142 e. The number of nitriles is 2. The minimum absolute atomic E-state index is 0.192. The van der Waals surface area contributed by atoms with Gasteiger partial charge in [-0.2, -0.15) is 10.5 Å². The maximum absolute atomic E-state index is 10.4. The molecule has 2 aromatic rings. The maximum atomic E-state index is 10.4. The molecule has 2 aromatic carbocycles. The van der Waals surface area contributed by atoms with Gasteiger partial charge >= 0.3 is 0 Å². The fourth-order valence-electron chi connectivity index (χ4n) is 7.44. The van der Waals surface area contributed by atoms with Crippen LogP contribution in [0.3, 0.4) is 0 Å². The monoisotopic (exact) mass is 543 g/mol. The first-order valence-corrected chi connectivity index (χ1v) is 15.0. The van der Waals surface area contributed by atoms with Gasteiger partial charge in [0, 0.05) is 28.2 Å². The van der Waals surface area contributed by atoms with Crippen LogP contribution in [0.2, 0.25) is 0 Å². The minimum Gasteiger partial charge on any atom is -0.284 e. The van der Waals surface area contributed by atoms with Gasteiger partial charge in [0.2, 0.25) is 0 Å². The Morgan fingerprint density at radius 1 is 1.10 bits per heavy atom. The Bertz CT molecular complexity index is 1590. The van der Waals surface area contributed by atoms with Gasteiger partial charge in [-0.15, -0.1) is 0 Å². The second-order valence-corrected chi connectivity index (χ2v) is 12.6. The number of nitrogens with zero attached hydrogens (tertiary/aromatic N) is 4. The highest BCUT2D eigenvalue weighted by molar-refractivity contribution is 6.17. The molecular formula is C36H41N5. The Balaban J connectivity index is 1.91. The van der Waals surface area contributed by atoms with Crippen molar-refractivity contribution in [2.24, 2.45) is 22.7 Å². The molecule has 3 aliphatic rings. The summed E-state index contributed by atoms with van der Waals surface area (Å²) in [6.45, 7) is 15.4. The van der Waals surface area contributed by atoms with Crippen LogP contribution in [0.4, 0.5) is 0 Å². The lowest BCUT2D eigenvalue weighted by Crippen LogP contribution is -2.46. The van der Waals surface area contributed by atoms with E-state index in [2.05, 4.69) is 83.7 Å². The Labute approximate surface area is 245 Å². The highest BCUT2D eigenvalue weighted by Crippen LogP contribution is 2.67. The lowest BCUT2D eigenvalue weighted by atomic mass is 9.77. The molecule has 1 aliphatic heterocycles. The fraction of sp³-hybridized carbons (Fsp3) is 0.444. The van der Waals surface area contributed by atoms with Crippen LogP contribution in [-0.4, -0.2) is 22.1 Å². The number of amidine groups is 2. The van der Waals surface area contributed by atoms with Gasteiger partial charge in [-0.1, -0.05) is 78.0 Å². The Kier molecular flexibility index (Phi) is 7.29. The van der Waals surface area contributed by atoms with Gasteiger partial charge < -0.3 is 0 Å². The Morgan fingerprint density at radius 3 is 2.41 bits per heavy atom. The van der Waals surface area contributed by atoms with E-state index in [9.17, 15) is 15.9 Å². The molecular weight excluding hydrogens is 502 g/mol. The number of nitrogens with one attached hydrogen (secondary N) is 1. The summed E-state index contributed by atoms with van der Waals surface area (Å²) in [5, 5.41) is 30.2. The van der Waals surface area contributed by atoms with Crippen molar-refractivity contribution >= 4 is 11.7 Å². The molecule has 5 rings (SSSR count). The SMILES string of the molecule is CCC12C[C@]1(CC)N=C(N(C(=N)c1ccccc1C)C1=C(C(C)C)C=CCC1C(C)C)c1cc(C#N)cc(C#N)c12. The van der Waals surface area contributed by atoms with Crippen LogP contribution in [0.1, 0.15) is 101 Å². The van der Waals surface area contributed by atoms with Crippen molar-refractivity contribution in [3.05, 3.63) is 93.2 Å². The Morgan fingerprint density at radius 2 is 1.83 bits per heavy atom. The predicted molar refractivity (Wildman–Crippen MR) is 166 cm³/mol. The van der Waals surface area contributed by atoms with E-state index in [-0.39, 0.29) is 22.8 Å². The highest BCUT2D eigenvalue weighted by Gasteiger charge is 2.70. The van der Waals surface area contributed by atoms with E-state index in [0.717, 1.165) is 53.6 Å². The fourth-order valence-corrected chi connectivity index (χ4v) is 7.44. The number of hydrogen-bond donors (Lipinski definition) is 1. The van der Waals surface area contributed by atoms with Crippen LogP contribution < -0.4 is 0 Å². The highest BCUT2D eigenvalue weighted by atomic mass is 15.3. The second-order valence-electron chi connectivity index (χ2n) is 12.6. The molecule has 3 atom stereocenters. The molecule has 0 aromatic heterocycles. The summed E-state index contributed by atoms with van der Waals surface area (Å²) in [5.74, 6) is 1.88. The molecule has 5 heteroatoms. The summed E-state index contributed by atoms with van der Waals surface area (Å²) >= 11 is 0. The van der Waals surface area contributed by atoms with Crippen molar-refractivity contribution in [2.75, 3.05) is 0 Å². The Hall–Kier alpha value is -3.96. The molecule has 0 radical (unpaired) electrons. The quantitative estimate of drug-likeness (QED) is 0.294. The molecule has 0 amide bonds. The van der Waals surface area contributed by atoms with E-state index >= 15 is 0 Å². The van der Waals surface area contributed by atoms with Crippen molar-refractivity contribution in [1.29, 1.82) is 15.9 Å². The van der Waals surface area contributed by atoms with Crippen molar-refractivity contribution in [3.8, 4) is 12.1 Å². The summed E-state index contributed by atoms with van der Waals surface area (Å²) in [7, 11) is 0. The van der Waals surface area contributed by atoms with E-state index in [0.29, 0.717) is 28.7 Å². The van der Waals surface area contributed by atoms with Crippen LogP contribution in [-0.2, 0) is 5.41 Å². The lowest BCUT2D eigenvalue weighted by molar-refractivity contribution is 0.385. The zero-order chi connectivity index (χ0) is 29.7. The van der Waals surface area contributed by atoms with Gasteiger partial charge in [0.05, 0.1) is 28.8 Å². The first-order valence-electron chi connectivity index (χ1n) is 15.0. The van der Waals surface area contributed by atoms with E-state index in [4.69, 9.17) is 4.99 Å². The maximum Gasteiger partial charge on any atom is 0.142 e. The molecule has 210 valence electrons. The molecule has 1 heterocycles. The van der Waals surface area contributed by atoms with Crippen molar-refractivity contribution in [1.82, 2.24) is 4.90 Å². The molecule has 0 spiro atoms. The van der Waals surface area contributed by atoms with Gasteiger partial charge in [-0.05, 0) is 73.3 Å². The topological polar surface area (TPSA) is 87.0 Å². The van der Waals surface area contributed by atoms with Crippen molar-refractivity contribution in [2.45, 2.75) is 85.1 Å². The van der Waals surface area contributed by atoms with Crippen LogP contribution in [0.25, 0.3) is 0 Å². The summed E-state index contributed by atoms with van der Waals surface area (Å²) in [6, 6.07) is 16.5. The van der Waals surface area contributed by atoms with Gasteiger partial charge in [0.15, 0.2) is 0 Å². The number of fused-ring (bicyclic) bond motifs is 3. The molecule has 0 saturated heterocycles. The third-order valence-corrected chi connectivity index (χ3v) is 9.81. The second kappa shape index (κ2) is 10.5. The first-order chi connectivity index (χ1) is 19.6. The molecule has 1 saturated carbocycles. The standard InChI is InChI=1S/C36H41N5/c1-8-35-21-36(35,9-2)40-34(30-18-25(19-37)17-26(20-38)31(30)35)41(33(39)29-14-11-10-13-24(29)7)32-27(22(3)4)15-12-16-28(32)23(5)6/h10-15,17-18,22-23,28,39H,8-9,16,21H2,1-7H3/t28?,35?,36-/m0/s1. The number of aryl methyl sites for hydroxylation is 1. The van der Waals surface area contributed by atoms with Crippen LogP contribution in [0.15, 0.2) is 64.8 Å². The molecule has 2 unspecified atom stereocenters. The first kappa shape index (κ1) is 28.6. The lowest BCUT2D eigenvalue weighted by Gasteiger charge is -2.42. The van der Waals surface area contributed by atoms with E-state index in [1.807, 2.05) is 24.3 Å². The number of allylic oxidation sites excluding steroid dienone is 4. The molecule has 41 heavy (non-hydrogen) atoms. The largest absolute Gasteiger partial charge is 0.284 e. The number of aliphatic imine (C=N–C) groups is 1. The summed E-state index contributed by atoms with van der Waals surface area (Å²) in [5.41, 5.74) is 6.51. The van der Waals surface area contributed by atoms with Gasteiger partial charge in [-0.3, -0.25) is 15.3 Å². The zero-order valence-corrected chi connectivity index (χ0v) is 25.5. The zero-order valence-electron chi connectivity index (χ0n) is 25.5. The van der Waals surface area contributed by atoms with Crippen molar-refractivity contribution < 1.29 is 0 Å². The van der Waals surface area contributed by atoms with E-state index in [1.165, 1.54) is 5.57 Å². The minimum atomic E-state index is -0.329. The van der Waals surface area contributed by atoms with E-state index < -0.39 is 0 Å². The van der Waals surface area contributed by atoms with Crippen LogP contribution >= 0.6 is 0 Å². The average molecular weight is 544 g/mol. The summed E-state index contributed by atoms with van der Waals surface area (Å²) in [4.78, 5) is 7.72. The van der Waals surface area contributed by atoms with Gasteiger partial charge in [0.1, 0.15) is 11.7 Å². The third kappa shape index (κ3) is 4.26. The normalized spacial score (nSPS) is 24.4. The molecule has 5 nitrogen and oxygen atoms in total. The third-order valence-electron chi connectivity index (χ3n) is 9.81. The van der Waals surface area contributed by atoms with Gasteiger partial charge in [-0.25, -0.2) is 0 Å². The number of rotatable bonds is 6. The number of hydrogen-bond acceptors (Lipinski definition) is 4. The van der Waals surface area contributed by atoms with Crippen LogP contribution in [0.5, 0.6) is 0 Å². The van der Waals surface area contributed by atoms with Crippen molar-refractivity contribution in [3.63, 3.8) is 0 Å². The number of benzene rings is 2. The molecule has 1 fully saturated rings. The van der Waals surface area contributed by atoms with Crippen LogP contribution in [0, 0.1) is 52.7 Å². The summed E-state index contributed by atoms with van der Waals surface area (Å²) in [6.07, 6.45) is 7.99. The molecule has 2 aliphatic carbocycles. The average Bonchev–Trinajstić information content (AvgIpc) is 3.66. The van der Waals surface area contributed by atoms with E-state index in [1.54, 1.807) is 6.07 Å². The molecule has 1 N–H and O–H groups in total. The molecule has 0 bridgehead atoms.